The number of para-hydroxylation sites is 1. The van der Waals surface area contributed by atoms with Gasteiger partial charge < -0.3 is 4.90 Å². The van der Waals surface area contributed by atoms with Gasteiger partial charge in [-0.15, -0.1) is 0 Å². The number of halogens is 1. The highest BCUT2D eigenvalue weighted by Crippen LogP contribution is 2.14. The van der Waals surface area contributed by atoms with E-state index >= 15 is 0 Å². The maximum Gasteiger partial charge on any atom is 0.278 e. The highest BCUT2D eigenvalue weighted by molar-refractivity contribution is 5.92. The maximum atomic E-state index is 14.2. The second kappa shape index (κ2) is 7.95. The zero-order chi connectivity index (χ0) is 19.4. The molecule has 0 spiro atoms. The van der Waals surface area contributed by atoms with Crippen LogP contribution in [0.15, 0.2) is 65.5 Å². The van der Waals surface area contributed by atoms with Crippen molar-refractivity contribution >= 4 is 5.91 Å². The van der Waals surface area contributed by atoms with E-state index in [-0.39, 0.29) is 11.4 Å². The van der Waals surface area contributed by atoms with Crippen LogP contribution in [-0.2, 0) is 6.54 Å². The first-order valence-electron chi connectivity index (χ1n) is 8.70. The lowest BCUT2D eigenvalue weighted by molar-refractivity contribution is 0.0743. The summed E-state index contributed by atoms with van der Waals surface area (Å²) in [7, 11) is 0. The van der Waals surface area contributed by atoms with E-state index in [0.717, 1.165) is 5.56 Å². The topological polar surface area (TPSA) is 55.2 Å². The molecule has 0 bridgehead atoms. The zero-order valence-corrected chi connectivity index (χ0v) is 15.2. The third kappa shape index (κ3) is 3.95. The van der Waals surface area contributed by atoms with Gasteiger partial charge in [0.15, 0.2) is 5.69 Å². The van der Waals surface area contributed by atoms with Crippen molar-refractivity contribution in [3.63, 3.8) is 0 Å². The first-order chi connectivity index (χ1) is 13.0. The number of aromatic nitrogens is 2. The summed E-state index contributed by atoms with van der Waals surface area (Å²) >= 11 is 0. The molecule has 1 heterocycles. The number of benzene rings is 2. The fourth-order valence-electron chi connectivity index (χ4n) is 2.84. The summed E-state index contributed by atoms with van der Waals surface area (Å²) in [5, 5.41) is 4.19. The van der Waals surface area contributed by atoms with Gasteiger partial charge in [-0.25, -0.2) is 9.07 Å². The maximum absolute atomic E-state index is 14.2. The van der Waals surface area contributed by atoms with Crippen LogP contribution in [0, 0.1) is 12.7 Å². The van der Waals surface area contributed by atoms with E-state index < -0.39 is 17.2 Å². The summed E-state index contributed by atoms with van der Waals surface area (Å²) in [6.07, 6.45) is 0. The number of rotatable bonds is 5. The van der Waals surface area contributed by atoms with Gasteiger partial charge in [0, 0.05) is 24.8 Å². The Morgan fingerprint density at radius 2 is 1.78 bits per heavy atom. The van der Waals surface area contributed by atoms with Crippen molar-refractivity contribution in [1.29, 1.82) is 0 Å². The molecule has 27 heavy (non-hydrogen) atoms. The van der Waals surface area contributed by atoms with Crippen molar-refractivity contribution in [2.45, 2.75) is 20.4 Å². The van der Waals surface area contributed by atoms with Crippen LogP contribution < -0.4 is 5.43 Å². The van der Waals surface area contributed by atoms with Crippen LogP contribution in [0.1, 0.15) is 28.7 Å². The Morgan fingerprint density at radius 1 is 1.11 bits per heavy atom. The summed E-state index contributed by atoms with van der Waals surface area (Å²) in [6.45, 7) is 4.27. The number of hydrogen-bond acceptors (Lipinski definition) is 3. The van der Waals surface area contributed by atoms with Crippen LogP contribution in [-0.4, -0.2) is 27.1 Å². The molecule has 5 nitrogen and oxygen atoms in total. The van der Waals surface area contributed by atoms with Crippen molar-refractivity contribution in [2.75, 3.05) is 6.54 Å². The molecule has 0 fully saturated rings. The Bertz CT molecular complexity index is 1020. The molecular formula is C21H20FN3O2. The monoisotopic (exact) mass is 365 g/mol. The van der Waals surface area contributed by atoms with Gasteiger partial charge in [-0.2, -0.15) is 5.10 Å². The molecule has 0 radical (unpaired) electrons. The first-order valence-corrected chi connectivity index (χ1v) is 8.70. The van der Waals surface area contributed by atoms with Crippen molar-refractivity contribution in [3.05, 3.63) is 93.7 Å². The van der Waals surface area contributed by atoms with Gasteiger partial charge in [0.05, 0.1) is 0 Å². The molecule has 6 heteroatoms. The highest BCUT2D eigenvalue weighted by atomic mass is 19.1. The number of nitrogens with zero attached hydrogens (tertiary/aromatic N) is 3. The van der Waals surface area contributed by atoms with Gasteiger partial charge in [0.25, 0.3) is 5.91 Å². The standard InChI is InChI=1S/C21H20FN3O2/c1-3-24(14-16-9-5-4-6-10-16)21(27)20-19(26)13-15(2)25(23-20)18-12-8-7-11-17(18)22/h4-13H,3,14H2,1-2H3. The van der Waals surface area contributed by atoms with Gasteiger partial charge in [-0.3, -0.25) is 9.59 Å². The van der Waals surface area contributed by atoms with Gasteiger partial charge >= 0.3 is 0 Å². The molecule has 0 aliphatic carbocycles. The smallest absolute Gasteiger partial charge is 0.278 e. The van der Waals surface area contributed by atoms with Crippen LogP contribution in [0.4, 0.5) is 4.39 Å². The molecule has 0 atom stereocenters. The molecule has 0 N–H and O–H groups in total. The van der Waals surface area contributed by atoms with E-state index in [4.69, 9.17) is 0 Å². The summed E-state index contributed by atoms with van der Waals surface area (Å²) in [5.41, 5.74) is 0.899. The van der Waals surface area contributed by atoms with Crippen molar-refractivity contribution in [2.24, 2.45) is 0 Å². The van der Waals surface area contributed by atoms with Gasteiger partial charge in [0.1, 0.15) is 11.5 Å². The second-order valence-electron chi connectivity index (χ2n) is 6.17. The second-order valence-corrected chi connectivity index (χ2v) is 6.17. The predicted octanol–water partition coefficient (Wildman–Crippen LogP) is 3.34. The van der Waals surface area contributed by atoms with Gasteiger partial charge in [-0.05, 0) is 31.5 Å². The number of carbonyl (C=O) groups excluding carboxylic acids is 1. The summed E-state index contributed by atoms with van der Waals surface area (Å²) < 4.78 is 15.5. The fourth-order valence-corrected chi connectivity index (χ4v) is 2.84. The fraction of sp³-hybridized carbons (Fsp3) is 0.190. The molecule has 0 aliphatic heterocycles. The number of hydrogen-bond donors (Lipinski definition) is 0. The van der Waals surface area contributed by atoms with Crippen molar-refractivity contribution < 1.29 is 9.18 Å². The van der Waals surface area contributed by atoms with Gasteiger partial charge in [0.2, 0.25) is 5.43 Å². The minimum atomic E-state index is -0.480. The molecule has 1 aromatic heterocycles. The molecule has 1 amide bonds. The number of amides is 1. The van der Waals surface area contributed by atoms with Crippen LogP contribution >= 0.6 is 0 Å². The molecule has 138 valence electrons. The molecular weight excluding hydrogens is 345 g/mol. The average Bonchev–Trinajstić information content (AvgIpc) is 2.67. The van der Waals surface area contributed by atoms with E-state index in [9.17, 15) is 14.0 Å². The lowest BCUT2D eigenvalue weighted by atomic mass is 10.2. The largest absolute Gasteiger partial charge is 0.333 e. The van der Waals surface area contributed by atoms with Crippen molar-refractivity contribution in [3.8, 4) is 5.69 Å². The lowest BCUT2D eigenvalue weighted by Gasteiger charge is -2.21. The molecule has 3 rings (SSSR count). The summed E-state index contributed by atoms with van der Waals surface area (Å²) in [6, 6.07) is 16.9. The molecule has 0 aliphatic rings. The summed E-state index contributed by atoms with van der Waals surface area (Å²) in [4.78, 5) is 26.9. The lowest BCUT2D eigenvalue weighted by Crippen LogP contribution is -2.36. The summed E-state index contributed by atoms with van der Waals surface area (Å²) in [5.74, 6) is -0.955. The van der Waals surface area contributed by atoms with E-state index in [0.29, 0.717) is 18.8 Å². The Kier molecular flexibility index (Phi) is 5.45. The third-order valence-electron chi connectivity index (χ3n) is 4.28. The predicted molar refractivity (Wildman–Crippen MR) is 101 cm³/mol. The number of carbonyl (C=O) groups is 1. The normalized spacial score (nSPS) is 10.6. The molecule has 0 saturated carbocycles. The Balaban J connectivity index is 2.00. The zero-order valence-electron chi connectivity index (χ0n) is 15.2. The molecule has 0 saturated heterocycles. The third-order valence-corrected chi connectivity index (χ3v) is 4.28. The Labute approximate surface area is 156 Å². The van der Waals surface area contributed by atoms with Gasteiger partial charge in [-0.1, -0.05) is 42.5 Å². The highest BCUT2D eigenvalue weighted by Gasteiger charge is 2.21. The van der Waals surface area contributed by atoms with Crippen LogP contribution in [0.5, 0.6) is 0 Å². The number of aryl methyl sites for hydroxylation is 1. The van der Waals surface area contributed by atoms with E-state index in [1.165, 1.54) is 16.8 Å². The Morgan fingerprint density at radius 3 is 2.44 bits per heavy atom. The van der Waals surface area contributed by atoms with E-state index in [1.54, 1.807) is 30.0 Å². The quantitative estimate of drug-likeness (QED) is 0.697. The Hall–Kier alpha value is -3.28. The average molecular weight is 365 g/mol. The minimum absolute atomic E-state index is 0.190. The molecule has 2 aromatic carbocycles. The van der Waals surface area contributed by atoms with Crippen LogP contribution in [0.25, 0.3) is 5.69 Å². The van der Waals surface area contributed by atoms with Crippen LogP contribution in [0.2, 0.25) is 0 Å². The molecule has 0 unspecified atom stereocenters. The van der Waals surface area contributed by atoms with Crippen molar-refractivity contribution in [1.82, 2.24) is 14.7 Å². The van der Waals surface area contributed by atoms with Crippen LogP contribution in [0.3, 0.4) is 0 Å². The minimum Gasteiger partial charge on any atom is -0.333 e. The van der Waals surface area contributed by atoms with E-state index in [1.807, 2.05) is 37.3 Å². The SMILES string of the molecule is CCN(Cc1ccccc1)C(=O)c1nn(-c2ccccc2F)c(C)cc1=O. The molecule has 3 aromatic rings. The van der Waals surface area contributed by atoms with E-state index in [2.05, 4.69) is 5.10 Å². The first kappa shape index (κ1) is 18.5.